The number of likely N-dealkylation sites (N-methyl/N-ethyl adjacent to an activating group) is 1. The van der Waals surface area contributed by atoms with Gasteiger partial charge in [-0.05, 0) is 19.9 Å². The number of nitro benzene ring substituents is 1. The van der Waals surface area contributed by atoms with Gasteiger partial charge in [0.25, 0.3) is 11.6 Å². The van der Waals surface area contributed by atoms with Gasteiger partial charge in [0.1, 0.15) is 5.69 Å². The highest BCUT2D eigenvalue weighted by molar-refractivity contribution is 6.22. The lowest BCUT2D eigenvalue weighted by molar-refractivity contribution is -0.911. The Labute approximate surface area is 122 Å². The lowest BCUT2D eigenvalue weighted by Gasteiger charge is -2.21. The summed E-state index contributed by atoms with van der Waals surface area (Å²) in [4.78, 5) is 37.2. The predicted molar refractivity (Wildman–Crippen MR) is 76.0 cm³/mol. The molecule has 1 atom stereocenters. The Kier molecular flexibility index (Phi) is 4.32. The molecule has 21 heavy (non-hydrogen) atoms. The standard InChI is InChI=1S/C14H17N3O4/c1-3-15(4-2)12-9-13(18)16(14(12)19)10-7-5-6-8-11(10)17(20)21/h5-8,12H,3-4,9H2,1-2H3/p+1/t12-/m1/s1. The molecule has 7 heteroatoms. The van der Waals surface area contributed by atoms with Crippen molar-refractivity contribution in [1.29, 1.82) is 0 Å². The molecule has 0 radical (unpaired) electrons. The molecule has 1 saturated heterocycles. The Morgan fingerprint density at radius 2 is 1.90 bits per heavy atom. The van der Waals surface area contributed by atoms with Crippen molar-refractivity contribution in [3.05, 3.63) is 34.4 Å². The Hall–Kier alpha value is -2.28. The number of hydrogen-bond acceptors (Lipinski definition) is 4. The van der Waals surface area contributed by atoms with Gasteiger partial charge in [0.2, 0.25) is 5.91 Å². The number of nitrogens with one attached hydrogen (secondary N) is 1. The topological polar surface area (TPSA) is 85.0 Å². The first-order chi connectivity index (χ1) is 10.0. The monoisotopic (exact) mass is 292 g/mol. The van der Waals surface area contributed by atoms with E-state index in [1.807, 2.05) is 13.8 Å². The summed E-state index contributed by atoms with van der Waals surface area (Å²) in [6, 6.07) is 5.38. The van der Waals surface area contributed by atoms with Crippen molar-refractivity contribution in [1.82, 2.24) is 0 Å². The largest absolute Gasteiger partial charge is 0.325 e. The molecule has 0 bridgehead atoms. The van der Waals surface area contributed by atoms with E-state index in [2.05, 4.69) is 0 Å². The second-order valence-corrected chi connectivity index (χ2v) is 4.94. The van der Waals surface area contributed by atoms with E-state index < -0.39 is 11.0 Å². The Morgan fingerprint density at radius 3 is 2.48 bits per heavy atom. The van der Waals surface area contributed by atoms with E-state index >= 15 is 0 Å². The molecule has 1 aromatic rings. The molecule has 1 aliphatic heterocycles. The third-order valence-corrected chi connectivity index (χ3v) is 3.87. The van der Waals surface area contributed by atoms with Gasteiger partial charge in [0.15, 0.2) is 6.04 Å². The Balaban J connectivity index is 2.40. The quantitative estimate of drug-likeness (QED) is 0.475. The summed E-state index contributed by atoms with van der Waals surface area (Å²) in [7, 11) is 0. The van der Waals surface area contributed by atoms with Crippen LogP contribution in [0.5, 0.6) is 0 Å². The maximum Gasteiger partial charge on any atom is 0.293 e. The SMILES string of the molecule is CC[NH+](CC)[C@@H]1CC(=O)N(c2ccccc2[N+](=O)[O-])C1=O. The summed E-state index contributed by atoms with van der Waals surface area (Å²) in [5.41, 5.74) is -0.166. The first-order valence-electron chi connectivity index (χ1n) is 6.96. The van der Waals surface area contributed by atoms with Crippen molar-refractivity contribution < 1.29 is 19.4 Å². The number of quaternary nitrogens is 1. The Bertz CT molecular complexity index is 583. The minimum atomic E-state index is -0.576. The highest BCUT2D eigenvalue weighted by Crippen LogP contribution is 2.31. The van der Waals surface area contributed by atoms with Crippen molar-refractivity contribution in [3.8, 4) is 0 Å². The van der Waals surface area contributed by atoms with E-state index in [4.69, 9.17) is 0 Å². The number of imide groups is 1. The van der Waals surface area contributed by atoms with Gasteiger partial charge in [-0.1, -0.05) is 12.1 Å². The number of nitrogens with zero attached hydrogens (tertiary/aromatic N) is 2. The first-order valence-corrected chi connectivity index (χ1v) is 6.96. The number of amides is 2. The summed E-state index contributed by atoms with van der Waals surface area (Å²) >= 11 is 0. The molecular weight excluding hydrogens is 274 g/mol. The zero-order chi connectivity index (χ0) is 15.6. The van der Waals surface area contributed by atoms with Crippen LogP contribution in [0.25, 0.3) is 0 Å². The summed E-state index contributed by atoms with van der Waals surface area (Å²) < 4.78 is 0. The maximum atomic E-state index is 12.5. The molecule has 1 heterocycles. The molecule has 7 nitrogen and oxygen atoms in total. The first kappa shape index (κ1) is 15.1. The molecule has 0 saturated carbocycles. The maximum absolute atomic E-state index is 12.5. The zero-order valence-electron chi connectivity index (χ0n) is 12.0. The van der Waals surface area contributed by atoms with Crippen molar-refractivity contribution in [2.45, 2.75) is 26.3 Å². The average molecular weight is 292 g/mol. The van der Waals surface area contributed by atoms with E-state index in [0.717, 1.165) is 22.9 Å². The fourth-order valence-corrected chi connectivity index (χ4v) is 2.75. The molecule has 1 N–H and O–H groups in total. The third-order valence-electron chi connectivity index (χ3n) is 3.87. The average Bonchev–Trinajstić information content (AvgIpc) is 2.75. The van der Waals surface area contributed by atoms with Gasteiger partial charge in [-0.3, -0.25) is 19.7 Å². The van der Waals surface area contributed by atoms with Crippen LogP contribution < -0.4 is 9.80 Å². The molecule has 2 rings (SSSR count). The molecule has 1 fully saturated rings. The minimum Gasteiger partial charge on any atom is -0.325 e. The van der Waals surface area contributed by atoms with E-state index in [0.29, 0.717) is 0 Å². The van der Waals surface area contributed by atoms with E-state index in [-0.39, 0.29) is 29.6 Å². The summed E-state index contributed by atoms with van der Waals surface area (Å²) in [6.45, 7) is 5.35. The van der Waals surface area contributed by atoms with Crippen LogP contribution in [0.1, 0.15) is 20.3 Å². The molecular formula is C14H18N3O4+. The van der Waals surface area contributed by atoms with Gasteiger partial charge >= 0.3 is 0 Å². The number of rotatable bonds is 5. The normalized spacial score (nSPS) is 18.6. The fraction of sp³-hybridized carbons (Fsp3) is 0.429. The van der Waals surface area contributed by atoms with Crippen LogP contribution in [0.2, 0.25) is 0 Å². The van der Waals surface area contributed by atoms with Crippen molar-refractivity contribution in [2.75, 3.05) is 18.0 Å². The number of para-hydroxylation sites is 2. The summed E-state index contributed by atoms with van der Waals surface area (Å²) in [5.74, 6) is -0.730. The lowest BCUT2D eigenvalue weighted by Crippen LogP contribution is -3.16. The molecule has 0 aromatic heterocycles. The van der Waals surface area contributed by atoms with Crippen LogP contribution in [-0.2, 0) is 9.59 Å². The van der Waals surface area contributed by atoms with Gasteiger partial charge < -0.3 is 4.90 Å². The van der Waals surface area contributed by atoms with Crippen LogP contribution in [0.4, 0.5) is 11.4 Å². The molecule has 0 unspecified atom stereocenters. The number of carbonyl (C=O) groups is 2. The Morgan fingerprint density at radius 1 is 1.29 bits per heavy atom. The highest BCUT2D eigenvalue weighted by atomic mass is 16.6. The van der Waals surface area contributed by atoms with Crippen molar-refractivity contribution in [2.24, 2.45) is 0 Å². The van der Waals surface area contributed by atoms with E-state index in [9.17, 15) is 19.7 Å². The molecule has 1 aromatic carbocycles. The lowest BCUT2D eigenvalue weighted by atomic mass is 10.2. The third kappa shape index (κ3) is 2.64. The second kappa shape index (κ2) is 6.01. The molecule has 112 valence electrons. The van der Waals surface area contributed by atoms with Crippen LogP contribution >= 0.6 is 0 Å². The summed E-state index contributed by atoms with van der Waals surface area (Å²) in [5, 5.41) is 11.1. The number of hydrogen-bond donors (Lipinski definition) is 1. The number of benzene rings is 1. The van der Waals surface area contributed by atoms with Crippen LogP contribution in [0.3, 0.4) is 0 Å². The van der Waals surface area contributed by atoms with Gasteiger partial charge in [0.05, 0.1) is 24.4 Å². The molecule has 0 aliphatic carbocycles. The fourth-order valence-electron chi connectivity index (χ4n) is 2.75. The van der Waals surface area contributed by atoms with Crippen LogP contribution in [0, 0.1) is 10.1 Å². The zero-order valence-corrected chi connectivity index (χ0v) is 12.0. The number of nitro groups is 1. The van der Waals surface area contributed by atoms with Crippen LogP contribution in [0.15, 0.2) is 24.3 Å². The number of carbonyl (C=O) groups excluding carboxylic acids is 2. The van der Waals surface area contributed by atoms with Crippen molar-refractivity contribution >= 4 is 23.2 Å². The van der Waals surface area contributed by atoms with Gasteiger partial charge in [0, 0.05) is 6.07 Å². The van der Waals surface area contributed by atoms with Crippen molar-refractivity contribution in [3.63, 3.8) is 0 Å². The molecule has 2 amide bonds. The highest BCUT2D eigenvalue weighted by Gasteiger charge is 2.46. The second-order valence-electron chi connectivity index (χ2n) is 4.94. The van der Waals surface area contributed by atoms with Gasteiger partial charge in [-0.25, -0.2) is 4.90 Å². The van der Waals surface area contributed by atoms with Gasteiger partial charge in [-0.2, -0.15) is 0 Å². The smallest absolute Gasteiger partial charge is 0.293 e. The summed E-state index contributed by atoms with van der Waals surface area (Å²) in [6.07, 6.45) is 0.0991. The van der Waals surface area contributed by atoms with Gasteiger partial charge in [-0.15, -0.1) is 0 Å². The molecule has 1 aliphatic rings. The van der Waals surface area contributed by atoms with E-state index in [1.54, 1.807) is 6.07 Å². The number of anilines is 1. The van der Waals surface area contributed by atoms with Crippen LogP contribution in [-0.4, -0.2) is 35.9 Å². The minimum absolute atomic E-state index is 0.0616. The predicted octanol–water partition coefficient (Wildman–Crippen LogP) is 0.151. The van der Waals surface area contributed by atoms with E-state index in [1.165, 1.54) is 18.2 Å². The molecule has 0 spiro atoms.